The van der Waals surface area contributed by atoms with Gasteiger partial charge in [0.2, 0.25) is 5.89 Å². The standard InChI is InChI=1S/C12H15N5O2/c1-8-15-11(17-19-8)7-14-6-9-4-2-3-5-10(9)12(13)16-18/h2-5,14,18H,6-7H2,1H3,(H2,13,16). The van der Waals surface area contributed by atoms with Gasteiger partial charge in [-0.1, -0.05) is 34.6 Å². The molecule has 1 aromatic carbocycles. The first kappa shape index (κ1) is 13.0. The summed E-state index contributed by atoms with van der Waals surface area (Å²) in [6.07, 6.45) is 0. The van der Waals surface area contributed by atoms with Crippen LogP contribution in [0, 0.1) is 6.92 Å². The lowest BCUT2D eigenvalue weighted by atomic mass is 10.1. The van der Waals surface area contributed by atoms with Crippen molar-refractivity contribution in [3.05, 3.63) is 47.1 Å². The van der Waals surface area contributed by atoms with Crippen molar-refractivity contribution in [2.24, 2.45) is 10.9 Å². The van der Waals surface area contributed by atoms with Gasteiger partial charge >= 0.3 is 0 Å². The van der Waals surface area contributed by atoms with Crippen LogP contribution >= 0.6 is 0 Å². The van der Waals surface area contributed by atoms with E-state index in [0.29, 0.717) is 30.4 Å². The highest BCUT2D eigenvalue weighted by Crippen LogP contribution is 2.08. The maximum Gasteiger partial charge on any atom is 0.223 e. The van der Waals surface area contributed by atoms with Gasteiger partial charge in [-0.05, 0) is 5.56 Å². The van der Waals surface area contributed by atoms with E-state index in [1.807, 2.05) is 18.2 Å². The Morgan fingerprint density at radius 2 is 2.21 bits per heavy atom. The smallest absolute Gasteiger partial charge is 0.223 e. The number of oxime groups is 1. The summed E-state index contributed by atoms with van der Waals surface area (Å²) < 4.78 is 4.87. The van der Waals surface area contributed by atoms with Crippen molar-refractivity contribution in [3.63, 3.8) is 0 Å². The Morgan fingerprint density at radius 1 is 1.42 bits per heavy atom. The fraction of sp³-hybridized carbons (Fsp3) is 0.250. The second kappa shape index (κ2) is 5.96. The number of aromatic nitrogens is 2. The molecule has 0 saturated carbocycles. The Bertz CT molecular complexity index is 579. The van der Waals surface area contributed by atoms with Gasteiger partial charge in [-0.25, -0.2) is 0 Å². The first-order chi connectivity index (χ1) is 9.20. The molecule has 19 heavy (non-hydrogen) atoms. The van der Waals surface area contributed by atoms with Gasteiger partial charge in [-0.2, -0.15) is 4.98 Å². The fourth-order valence-electron chi connectivity index (χ4n) is 1.70. The van der Waals surface area contributed by atoms with Crippen molar-refractivity contribution in [2.45, 2.75) is 20.0 Å². The number of aryl methyl sites for hydroxylation is 1. The average Bonchev–Trinajstić information content (AvgIpc) is 2.84. The molecule has 0 spiro atoms. The van der Waals surface area contributed by atoms with Crippen LogP contribution in [0.2, 0.25) is 0 Å². The topological polar surface area (TPSA) is 110 Å². The van der Waals surface area contributed by atoms with Crippen molar-refractivity contribution in [3.8, 4) is 0 Å². The summed E-state index contributed by atoms with van der Waals surface area (Å²) in [5, 5.41) is 18.7. The molecule has 4 N–H and O–H groups in total. The van der Waals surface area contributed by atoms with E-state index in [0.717, 1.165) is 5.56 Å². The van der Waals surface area contributed by atoms with Crippen molar-refractivity contribution in [2.75, 3.05) is 0 Å². The number of amidine groups is 1. The van der Waals surface area contributed by atoms with Crippen LogP contribution < -0.4 is 11.1 Å². The number of rotatable bonds is 5. The molecule has 100 valence electrons. The van der Waals surface area contributed by atoms with Gasteiger partial charge in [0.05, 0.1) is 6.54 Å². The van der Waals surface area contributed by atoms with Gasteiger partial charge < -0.3 is 20.8 Å². The van der Waals surface area contributed by atoms with Gasteiger partial charge in [-0.15, -0.1) is 0 Å². The minimum absolute atomic E-state index is 0.0906. The van der Waals surface area contributed by atoms with Crippen LogP contribution in [0.15, 0.2) is 33.9 Å². The lowest BCUT2D eigenvalue weighted by Gasteiger charge is -2.08. The van der Waals surface area contributed by atoms with E-state index in [9.17, 15) is 0 Å². The van der Waals surface area contributed by atoms with Crippen LogP contribution in [0.3, 0.4) is 0 Å². The maximum absolute atomic E-state index is 8.73. The van der Waals surface area contributed by atoms with Gasteiger partial charge in [0.15, 0.2) is 11.7 Å². The van der Waals surface area contributed by atoms with Gasteiger partial charge in [0.25, 0.3) is 0 Å². The van der Waals surface area contributed by atoms with Crippen molar-refractivity contribution < 1.29 is 9.73 Å². The number of nitrogens with one attached hydrogen (secondary N) is 1. The largest absolute Gasteiger partial charge is 0.409 e. The highest BCUT2D eigenvalue weighted by molar-refractivity contribution is 5.98. The molecule has 7 nitrogen and oxygen atoms in total. The summed E-state index contributed by atoms with van der Waals surface area (Å²) in [6.45, 7) is 2.78. The Kier molecular flexibility index (Phi) is 4.09. The average molecular weight is 261 g/mol. The van der Waals surface area contributed by atoms with E-state index in [-0.39, 0.29) is 5.84 Å². The third kappa shape index (κ3) is 3.29. The molecule has 0 bridgehead atoms. The zero-order valence-electron chi connectivity index (χ0n) is 10.5. The van der Waals surface area contributed by atoms with Gasteiger partial charge in [-0.3, -0.25) is 0 Å². The van der Waals surface area contributed by atoms with Crippen LogP contribution in [-0.2, 0) is 13.1 Å². The number of nitrogens with zero attached hydrogens (tertiary/aromatic N) is 3. The SMILES string of the molecule is Cc1nc(CNCc2ccccc2/C(N)=N/O)no1. The number of benzene rings is 1. The lowest BCUT2D eigenvalue weighted by molar-refractivity contribution is 0.318. The first-order valence-corrected chi connectivity index (χ1v) is 5.76. The highest BCUT2D eigenvalue weighted by atomic mass is 16.5. The molecule has 2 rings (SSSR count). The molecule has 0 atom stereocenters. The van der Waals surface area contributed by atoms with Gasteiger partial charge in [0.1, 0.15) is 0 Å². The molecule has 2 aromatic rings. The van der Waals surface area contributed by atoms with Crippen molar-refractivity contribution >= 4 is 5.84 Å². The van der Waals surface area contributed by atoms with Crippen LogP contribution in [0.1, 0.15) is 22.8 Å². The van der Waals surface area contributed by atoms with E-state index in [2.05, 4.69) is 20.6 Å². The van der Waals surface area contributed by atoms with Crippen LogP contribution in [-0.4, -0.2) is 21.2 Å². The first-order valence-electron chi connectivity index (χ1n) is 5.76. The summed E-state index contributed by atoms with van der Waals surface area (Å²) in [5.41, 5.74) is 7.24. The summed E-state index contributed by atoms with van der Waals surface area (Å²) in [6, 6.07) is 7.43. The summed E-state index contributed by atoms with van der Waals surface area (Å²) in [4.78, 5) is 4.09. The second-order valence-electron chi connectivity index (χ2n) is 3.98. The van der Waals surface area contributed by atoms with Crippen molar-refractivity contribution in [1.82, 2.24) is 15.5 Å². The van der Waals surface area contributed by atoms with Crippen LogP contribution in [0.25, 0.3) is 0 Å². The zero-order valence-corrected chi connectivity index (χ0v) is 10.5. The fourth-order valence-corrected chi connectivity index (χ4v) is 1.70. The molecule has 0 fully saturated rings. The van der Waals surface area contributed by atoms with Crippen LogP contribution in [0.4, 0.5) is 0 Å². The van der Waals surface area contributed by atoms with E-state index in [4.69, 9.17) is 15.5 Å². The third-order valence-electron chi connectivity index (χ3n) is 2.57. The van der Waals surface area contributed by atoms with E-state index in [1.165, 1.54) is 0 Å². The Hall–Kier alpha value is -2.41. The Balaban J connectivity index is 2.00. The molecule has 0 aliphatic heterocycles. The number of hydrogen-bond acceptors (Lipinski definition) is 6. The highest BCUT2D eigenvalue weighted by Gasteiger charge is 2.07. The lowest BCUT2D eigenvalue weighted by Crippen LogP contribution is -2.20. The maximum atomic E-state index is 8.73. The molecule has 0 aliphatic carbocycles. The van der Waals surface area contributed by atoms with Crippen LogP contribution in [0.5, 0.6) is 0 Å². The molecule has 1 aromatic heterocycles. The van der Waals surface area contributed by atoms with E-state index in [1.54, 1.807) is 13.0 Å². The minimum Gasteiger partial charge on any atom is -0.409 e. The van der Waals surface area contributed by atoms with E-state index < -0.39 is 0 Å². The summed E-state index contributed by atoms with van der Waals surface area (Å²) in [5.74, 6) is 1.22. The second-order valence-corrected chi connectivity index (χ2v) is 3.98. The molecule has 0 amide bonds. The molecule has 7 heteroatoms. The molecule has 0 radical (unpaired) electrons. The molecule has 0 unspecified atom stereocenters. The third-order valence-corrected chi connectivity index (χ3v) is 2.57. The monoisotopic (exact) mass is 261 g/mol. The number of nitrogens with two attached hydrogens (primary N) is 1. The van der Waals surface area contributed by atoms with Gasteiger partial charge in [0, 0.05) is 19.0 Å². The Labute approximate surface area is 110 Å². The van der Waals surface area contributed by atoms with Crippen molar-refractivity contribution in [1.29, 1.82) is 0 Å². The number of hydrogen-bond donors (Lipinski definition) is 3. The molecule has 0 saturated heterocycles. The summed E-state index contributed by atoms with van der Waals surface area (Å²) >= 11 is 0. The van der Waals surface area contributed by atoms with E-state index >= 15 is 0 Å². The molecular weight excluding hydrogens is 246 g/mol. The molecular formula is C12H15N5O2. The normalized spacial score (nSPS) is 11.7. The molecule has 0 aliphatic rings. The predicted molar refractivity (Wildman–Crippen MR) is 68.5 cm³/mol. The summed E-state index contributed by atoms with van der Waals surface area (Å²) in [7, 11) is 0. The zero-order chi connectivity index (χ0) is 13.7. The Morgan fingerprint density at radius 3 is 2.89 bits per heavy atom. The molecule has 1 heterocycles. The minimum atomic E-state index is 0.0906. The predicted octanol–water partition coefficient (Wildman–Crippen LogP) is 0.762. The quantitative estimate of drug-likeness (QED) is 0.317.